The zero-order chi connectivity index (χ0) is 14.8. The molecule has 1 aromatic rings. The van der Waals surface area contributed by atoms with Crippen LogP contribution in [0.5, 0.6) is 0 Å². The largest absolute Gasteiger partial charge is 0.388 e. The van der Waals surface area contributed by atoms with Gasteiger partial charge in [0, 0.05) is 38.6 Å². The van der Waals surface area contributed by atoms with Gasteiger partial charge >= 0.3 is 0 Å². The van der Waals surface area contributed by atoms with E-state index >= 15 is 0 Å². The van der Waals surface area contributed by atoms with Crippen molar-refractivity contribution in [3.05, 3.63) is 35.9 Å². The van der Waals surface area contributed by atoms with Crippen LogP contribution in [0.2, 0.25) is 0 Å². The van der Waals surface area contributed by atoms with Gasteiger partial charge in [-0.3, -0.25) is 0 Å². The van der Waals surface area contributed by atoms with Crippen LogP contribution < -0.4 is 5.32 Å². The molecule has 3 rings (SSSR count). The molecule has 0 aromatic heterocycles. The minimum Gasteiger partial charge on any atom is -0.388 e. The van der Waals surface area contributed by atoms with Gasteiger partial charge in [-0.2, -0.15) is 5.26 Å². The second-order valence-electron chi connectivity index (χ2n) is 6.38. The van der Waals surface area contributed by atoms with E-state index in [0.29, 0.717) is 38.6 Å². The molecular weight excluding hydrogens is 264 g/mol. The van der Waals surface area contributed by atoms with Crippen LogP contribution in [0.15, 0.2) is 30.3 Å². The molecule has 1 aromatic carbocycles. The molecule has 4 heteroatoms. The van der Waals surface area contributed by atoms with Gasteiger partial charge in [0.15, 0.2) is 0 Å². The number of aliphatic hydroxyl groups is 1. The van der Waals surface area contributed by atoms with E-state index in [4.69, 9.17) is 4.74 Å². The van der Waals surface area contributed by atoms with E-state index in [-0.39, 0.29) is 5.41 Å². The van der Waals surface area contributed by atoms with Crippen molar-refractivity contribution in [1.29, 1.82) is 5.26 Å². The number of nitriles is 1. The Bertz CT molecular complexity index is 511. The molecule has 0 atom stereocenters. The minimum atomic E-state index is -0.643. The summed E-state index contributed by atoms with van der Waals surface area (Å²) in [5.74, 6) is 0. The van der Waals surface area contributed by atoms with Gasteiger partial charge in [0.05, 0.1) is 17.1 Å². The lowest BCUT2D eigenvalue weighted by Crippen LogP contribution is -2.55. The van der Waals surface area contributed by atoms with Crippen molar-refractivity contribution >= 4 is 0 Å². The predicted octanol–water partition coefficient (Wildman–Crippen LogP) is 1.74. The smallest absolute Gasteiger partial charge is 0.0852 e. The molecule has 2 fully saturated rings. The maximum absolute atomic E-state index is 10.4. The highest BCUT2D eigenvalue weighted by Gasteiger charge is 2.46. The van der Waals surface area contributed by atoms with E-state index in [0.717, 1.165) is 18.4 Å². The molecule has 2 N–H and O–H groups in total. The molecule has 1 aliphatic carbocycles. The third kappa shape index (κ3) is 2.96. The highest BCUT2D eigenvalue weighted by molar-refractivity contribution is 5.36. The van der Waals surface area contributed by atoms with Gasteiger partial charge in [-0.1, -0.05) is 30.3 Å². The van der Waals surface area contributed by atoms with E-state index in [1.165, 1.54) is 0 Å². The predicted molar refractivity (Wildman–Crippen MR) is 79.8 cm³/mol. The normalized spacial score (nSPS) is 31.1. The number of hydrogen-bond donors (Lipinski definition) is 2. The van der Waals surface area contributed by atoms with Crippen LogP contribution in [0.4, 0.5) is 0 Å². The summed E-state index contributed by atoms with van der Waals surface area (Å²) in [7, 11) is 0. The third-order valence-corrected chi connectivity index (χ3v) is 4.87. The van der Waals surface area contributed by atoms with Crippen molar-refractivity contribution in [1.82, 2.24) is 5.32 Å². The van der Waals surface area contributed by atoms with Crippen molar-refractivity contribution < 1.29 is 9.84 Å². The van der Waals surface area contributed by atoms with Gasteiger partial charge in [0.25, 0.3) is 0 Å². The van der Waals surface area contributed by atoms with Crippen LogP contribution in [-0.2, 0) is 10.2 Å². The maximum atomic E-state index is 10.4. The van der Waals surface area contributed by atoms with Crippen LogP contribution >= 0.6 is 0 Å². The van der Waals surface area contributed by atoms with Gasteiger partial charge in [-0.15, -0.1) is 0 Å². The molecule has 1 aliphatic heterocycles. The van der Waals surface area contributed by atoms with Gasteiger partial charge in [-0.05, 0) is 18.4 Å². The molecule has 0 unspecified atom stereocenters. The summed E-state index contributed by atoms with van der Waals surface area (Å²) in [5.41, 5.74) is 0.114. The zero-order valence-electron chi connectivity index (χ0n) is 12.2. The van der Waals surface area contributed by atoms with Crippen LogP contribution in [0, 0.1) is 11.3 Å². The molecule has 1 saturated carbocycles. The van der Waals surface area contributed by atoms with Crippen LogP contribution in [0.1, 0.15) is 31.2 Å². The average Bonchev–Trinajstić information content (AvgIpc) is 2.48. The first-order valence-electron chi connectivity index (χ1n) is 7.66. The lowest BCUT2D eigenvalue weighted by molar-refractivity contribution is -0.0646. The van der Waals surface area contributed by atoms with E-state index in [9.17, 15) is 10.4 Å². The van der Waals surface area contributed by atoms with E-state index in [1.54, 1.807) is 0 Å². The van der Waals surface area contributed by atoms with E-state index in [1.807, 2.05) is 30.3 Å². The fourth-order valence-corrected chi connectivity index (χ4v) is 3.34. The quantitative estimate of drug-likeness (QED) is 0.885. The van der Waals surface area contributed by atoms with E-state index < -0.39 is 5.60 Å². The summed E-state index contributed by atoms with van der Waals surface area (Å²) in [6, 6.07) is 12.8. The average molecular weight is 286 g/mol. The molecule has 112 valence electrons. The monoisotopic (exact) mass is 286 g/mol. The fourth-order valence-electron chi connectivity index (χ4n) is 3.34. The van der Waals surface area contributed by atoms with Crippen molar-refractivity contribution in [3.8, 4) is 6.07 Å². The van der Waals surface area contributed by atoms with Gasteiger partial charge in [0.1, 0.15) is 0 Å². The minimum absolute atomic E-state index is 0.316. The summed E-state index contributed by atoms with van der Waals surface area (Å²) < 4.78 is 5.29. The molecule has 0 bridgehead atoms. The SMILES string of the molecule is N#CC1(c2ccccc2)CC(NCC2(O)CCOCC2)C1. The number of rotatable bonds is 4. The fraction of sp³-hybridized carbons (Fsp3) is 0.588. The second-order valence-corrected chi connectivity index (χ2v) is 6.38. The molecule has 0 spiro atoms. The molecule has 1 heterocycles. The third-order valence-electron chi connectivity index (χ3n) is 4.87. The Morgan fingerprint density at radius 1 is 1.24 bits per heavy atom. The first kappa shape index (κ1) is 14.5. The molecule has 21 heavy (non-hydrogen) atoms. The molecule has 2 aliphatic rings. The van der Waals surface area contributed by atoms with Crippen molar-refractivity contribution in [2.75, 3.05) is 19.8 Å². The highest BCUT2D eigenvalue weighted by atomic mass is 16.5. The number of benzene rings is 1. The Balaban J connectivity index is 1.54. The number of nitrogens with zero attached hydrogens (tertiary/aromatic N) is 1. The second kappa shape index (κ2) is 5.76. The first-order chi connectivity index (χ1) is 10.2. The zero-order valence-corrected chi connectivity index (χ0v) is 12.2. The highest BCUT2D eigenvalue weighted by Crippen LogP contribution is 2.43. The number of hydrogen-bond acceptors (Lipinski definition) is 4. The summed E-state index contributed by atoms with van der Waals surface area (Å²) in [6.07, 6.45) is 3.02. The first-order valence-corrected chi connectivity index (χ1v) is 7.66. The number of nitrogens with one attached hydrogen (secondary N) is 1. The molecule has 4 nitrogen and oxygen atoms in total. The Morgan fingerprint density at radius 2 is 1.90 bits per heavy atom. The summed E-state index contributed by atoms with van der Waals surface area (Å²) in [4.78, 5) is 0. The molecule has 0 radical (unpaired) electrons. The van der Waals surface area contributed by atoms with E-state index in [2.05, 4.69) is 11.4 Å². The van der Waals surface area contributed by atoms with Gasteiger partial charge in [0.2, 0.25) is 0 Å². The lowest BCUT2D eigenvalue weighted by atomic mass is 9.62. The van der Waals surface area contributed by atoms with Crippen molar-refractivity contribution in [3.63, 3.8) is 0 Å². The molecular formula is C17H22N2O2. The van der Waals surface area contributed by atoms with Crippen LogP contribution in [0.25, 0.3) is 0 Å². The standard InChI is InChI=1S/C17H22N2O2/c18-12-16(14-4-2-1-3-5-14)10-15(11-16)19-13-17(20)6-8-21-9-7-17/h1-5,15,19-20H,6-11,13H2. The molecule has 1 saturated heterocycles. The summed E-state index contributed by atoms with van der Waals surface area (Å²) in [5, 5.41) is 23.4. The lowest BCUT2D eigenvalue weighted by Gasteiger charge is -2.45. The van der Waals surface area contributed by atoms with Gasteiger partial charge < -0.3 is 15.2 Å². The summed E-state index contributed by atoms with van der Waals surface area (Å²) in [6.45, 7) is 1.86. The Morgan fingerprint density at radius 3 is 2.52 bits per heavy atom. The number of ether oxygens (including phenoxy) is 1. The van der Waals surface area contributed by atoms with Crippen LogP contribution in [-0.4, -0.2) is 36.5 Å². The van der Waals surface area contributed by atoms with Crippen molar-refractivity contribution in [2.24, 2.45) is 0 Å². The van der Waals surface area contributed by atoms with Gasteiger partial charge in [-0.25, -0.2) is 0 Å². The molecule has 0 amide bonds. The van der Waals surface area contributed by atoms with Crippen molar-refractivity contribution in [2.45, 2.75) is 42.7 Å². The maximum Gasteiger partial charge on any atom is 0.0852 e. The Kier molecular flexibility index (Phi) is 3.99. The Hall–Kier alpha value is -1.41. The topological polar surface area (TPSA) is 65.3 Å². The Labute approximate surface area is 125 Å². The summed E-state index contributed by atoms with van der Waals surface area (Å²) >= 11 is 0. The van der Waals surface area contributed by atoms with Crippen LogP contribution in [0.3, 0.4) is 0 Å².